The Hall–Kier alpha value is -2.83. The van der Waals surface area contributed by atoms with Crippen molar-refractivity contribution in [2.75, 3.05) is 0 Å². The Morgan fingerprint density at radius 1 is 0.619 bits per heavy atom. The summed E-state index contributed by atoms with van der Waals surface area (Å²) < 4.78 is 5.28. The molecular formula is C39H34Cl2Zr. The van der Waals surface area contributed by atoms with Crippen molar-refractivity contribution >= 4 is 17.2 Å². The van der Waals surface area contributed by atoms with Gasteiger partial charge in [-0.25, -0.2) is 0 Å². The van der Waals surface area contributed by atoms with Gasteiger partial charge in [-0.05, 0) is 0 Å². The number of rotatable bonds is 8. The zero-order valence-corrected chi connectivity index (χ0v) is 27.7. The average molecular weight is 665 g/mol. The first kappa shape index (κ1) is 30.6. The van der Waals surface area contributed by atoms with Crippen LogP contribution in [-0.4, -0.2) is 3.21 Å². The third kappa shape index (κ3) is 6.26. The van der Waals surface area contributed by atoms with Gasteiger partial charge in [-0.15, -0.1) is 0 Å². The molecule has 42 heavy (non-hydrogen) atoms. The van der Waals surface area contributed by atoms with Crippen LogP contribution in [0, 0.1) is 0 Å². The molecule has 0 radical (unpaired) electrons. The minimum atomic E-state index is -2.41. The van der Waals surface area contributed by atoms with Gasteiger partial charge in [-0.1, -0.05) is 0 Å². The zero-order chi connectivity index (χ0) is 26.7. The van der Waals surface area contributed by atoms with E-state index in [0.717, 1.165) is 25.7 Å². The van der Waals surface area contributed by atoms with Gasteiger partial charge in [-0.3, -0.25) is 0 Å². The van der Waals surface area contributed by atoms with Gasteiger partial charge in [0, 0.05) is 0 Å². The van der Waals surface area contributed by atoms with Gasteiger partial charge in [0.25, 0.3) is 0 Å². The Balaban J connectivity index is 0.00000176. The topological polar surface area (TPSA) is 0 Å². The molecule has 3 heteroatoms. The van der Waals surface area contributed by atoms with Crippen molar-refractivity contribution in [2.24, 2.45) is 0 Å². The van der Waals surface area contributed by atoms with Crippen LogP contribution >= 0.6 is 0 Å². The monoisotopic (exact) mass is 662 g/mol. The molecule has 7 rings (SSSR count). The maximum Gasteiger partial charge on any atom is -1.00 e. The molecule has 0 bridgehead atoms. The van der Waals surface area contributed by atoms with E-state index in [1.807, 2.05) is 3.21 Å². The summed E-state index contributed by atoms with van der Waals surface area (Å²) in [4.78, 5) is 0. The van der Waals surface area contributed by atoms with Crippen molar-refractivity contribution in [1.82, 2.24) is 0 Å². The molecule has 0 aromatic heterocycles. The van der Waals surface area contributed by atoms with Gasteiger partial charge in [0.2, 0.25) is 0 Å². The van der Waals surface area contributed by atoms with Crippen LogP contribution < -0.4 is 28.1 Å². The second-order valence-corrected chi connectivity index (χ2v) is 17.6. The van der Waals surface area contributed by atoms with Crippen LogP contribution in [0.15, 0.2) is 137 Å². The second kappa shape index (κ2) is 14.1. The minimum Gasteiger partial charge on any atom is -1.00 e. The van der Waals surface area contributed by atoms with Crippen LogP contribution in [-0.2, 0) is 40.5 Å². The number of benzene rings is 5. The minimum absolute atomic E-state index is 0. The van der Waals surface area contributed by atoms with Crippen molar-refractivity contribution in [2.45, 2.75) is 38.5 Å². The SMILES string of the molecule is C1=CC[C]([Zr+2](=[C](CCc2ccccc2)CCc2ccccc2)[c]2cccc3ccc4c(c23)Cc2ccccc2-4)=C1.[Cl-].[Cl-]. The fourth-order valence-electron chi connectivity index (χ4n) is 6.70. The summed E-state index contributed by atoms with van der Waals surface area (Å²) in [5.41, 5.74) is 8.82. The molecule has 0 aliphatic heterocycles. The predicted octanol–water partition coefficient (Wildman–Crippen LogP) is 2.94. The van der Waals surface area contributed by atoms with Crippen LogP contribution in [0.1, 0.15) is 41.5 Å². The molecule has 0 spiro atoms. The van der Waals surface area contributed by atoms with Crippen LogP contribution in [0.5, 0.6) is 0 Å². The molecule has 0 saturated carbocycles. The van der Waals surface area contributed by atoms with E-state index in [4.69, 9.17) is 0 Å². The molecule has 5 aromatic rings. The quantitative estimate of drug-likeness (QED) is 0.235. The summed E-state index contributed by atoms with van der Waals surface area (Å²) >= 11 is -2.41. The van der Waals surface area contributed by atoms with Crippen molar-refractivity contribution in [1.29, 1.82) is 0 Å². The summed E-state index contributed by atoms with van der Waals surface area (Å²) in [5, 5.41) is 2.98. The van der Waals surface area contributed by atoms with Crippen LogP contribution in [0.25, 0.3) is 21.9 Å². The number of aryl methyl sites for hydroxylation is 2. The number of hydrogen-bond acceptors (Lipinski definition) is 0. The normalized spacial score (nSPS) is 12.4. The van der Waals surface area contributed by atoms with Gasteiger partial charge in [0.15, 0.2) is 0 Å². The van der Waals surface area contributed by atoms with E-state index in [1.54, 1.807) is 17.5 Å². The van der Waals surface area contributed by atoms with Crippen molar-refractivity contribution in [3.8, 4) is 11.1 Å². The van der Waals surface area contributed by atoms with E-state index in [1.165, 1.54) is 46.0 Å². The number of fused-ring (bicyclic) bond motifs is 5. The Morgan fingerprint density at radius 2 is 1.29 bits per heavy atom. The van der Waals surface area contributed by atoms with Gasteiger partial charge in [0.05, 0.1) is 0 Å². The zero-order valence-electron chi connectivity index (χ0n) is 23.7. The molecule has 2 aliphatic rings. The molecular weight excluding hydrogens is 631 g/mol. The van der Waals surface area contributed by atoms with Crippen LogP contribution in [0.2, 0.25) is 0 Å². The van der Waals surface area contributed by atoms with Gasteiger partial charge < -0.3 is 24.8 Å². The Labute approximate surface area is 270 Å². The molecule has 0 atom stereocenters. The summed E-state index contributed by atoms with van der Waals surface area (Å²) in [6.07, 6.45) is 14.0. The maximum absolute atomic E-state index is 2.52. The number of allylic oxidation sites excluding steroid dienone is 4. The summed E-state index contributed by atoms with van der Waals surface area (Å²) in [6, 6.07) is 43.2. The molecule has 0 fully saturated rings. The molecule has 0 unspecified atom stereocenters. The van der Waals surface area contributed by atoms with E-state index < -0.39 is 21.3 Å². The Bertz CT molecular complexity index is 1740. The summed E-state index contributed by atoms with van der Waals surface area (Å²) in [5.74, 6) is 0. The molecule has 0 heterocycles. The third-order valence-corrected chi connectivity index (χ3v) is 16.5. The first-order chi connectivity index (χ1) is 19.8. The smallest absolute Gasteiger partial charge is 1.00 e. The Morgan fingerprint density at radius 3 is 1.95 bits per heavy atom. The number of halogens is 2. The van der Waals surface area contributed by atoms with Crippen LogP contribution in [0.4, 0.5) is 0 Å². The van der Waals surface area contributed by atoms with Crippen LogP contribution in [0.3, 0.4) is 0 Å². The standard InChI is InChI=1S/C17H11.C17H18.C5H5.2ClH.Zr/c1-3-7-14-12(5-1)9-10-16-15-8-4-2-6-13(15)11-17(14)16;1-4-10-16(11-5-1)14-8-3-9-15-17-12-6-2-7-13-17;1-2-4-5-3-1;;;/h1-6,8-10H,11H2;1-2,4-7,10-13H,8-9,14-15H2;1-3H,4H2;2*1H;/q;;;;;+2/p-2. The van der Waals surface area contributed by atoms with E-state index >= 15 is 0 Å². The Kier molecular flexibility index (Phi) is 10.3. The maximum atomic E-state index is 2.52. The van der Waals surface area contributed by atoms with E-state index in [0.29, 0.717) is 0 Å². The number of hydrogen-bond donors (Lipinski definition) is 0. The summed E-state index contributed by atoms with van der Waals surface area (Å²) in [6.45, 7) is 0. The first-order valence-corrected chi connectivity index (χ1v) is 18.3. The molecule has 0 saturated heterocycles. The summed E-state index contributed by atoms with van der Waals surface area (Å²) in [7, 11) is 0. The third-order valence-electron chi connectivity index (χ3n) is 8.66. The fourth-order valence-corrected chi connectivity index (χ4v) is 14.9. The van der Waals surface area contributed by atoms with E-state index in [9.17, 15) is 0 Å². The van der Waals surface area contributed by atoms with E-state index in [2.05, 4.69) is 133 Å². The molecule has 5 aromatic carbocycles. The molecule has 2 aliphatic carbocycles. The van der Waals surface area contributed by atoms with Crippen molar-refractivity contribution < 1.29 is 46.1 Å². The fraction of sp³-hybridized carbons (Fsp3) is 0.154. The van der Waals surface area contributed by atoms with E-state index in [-0.39, 0.29) is 24.8 Å². The second-order valence-electron chi connectivity index (χ2n) is 11.1. The van der Waals surface area contributed by atoms with Crippen molar-refractivity contribution in [3.63, 3.8) is 0 Å². The molecule has 208 valence electrons. The van der Waals surface area contributed by atoms with Crippen molar-refractivity contribution in [3.05, 3.63) is 159 Å². The largest absolute Gasteiger partial charge is 1.00 e. The average Bonchev–Trinajstić information content (AvgIpc) is 3.68. The predicted molar refractivity (Wildman–Crippen MR) is 168 cm³/mol. The van der Waals surface area contributed by atoms with Gasteiger partial charge >= 0.3 is 247 Å². The van der Waals surface area contributed by atoms with Gasteiger partial charge in [0.1, 0.15) is 0 Å². The van der Waals surface area contributed by atoms with Gasteiger partial charge in [-0.2, -0.15) is 0 Å². The molecule has 0 amide bonds. The first-order valence-electron chi connectivity index (χ1n) is 14.6. The molecule has 0 N–H and O–H groups in total. The molecule has 0 nitrogen and oxygen atoms in total.